The Labute approximate surface area is 217 Å². The second-order valence-electron chi connectivity index (χ2n) is 7.90. The van der Waals surface area contributed by atoms with Crippen molar-refractivity contribution < 1.29 is 28.8 Å². The Hall–Kier alpha value is -4.44. The van der Waals surface area contributed by atoms with Gasteiger partial charge in [0.1, 0.15) is 19.0 Å². The van der Waals surface area contributed by atoms with Crippen LogP contribution in [0, 0.1) is 0 Å². The van der Waals surface area contributed by atoms with E-state index in [9.17, 15) is 5.11 Å². The predicted octanol–water partition coefficient (Wildman–Crippen LogP) is 4.83. The van der Waals surface area contributed by atoms with Crippen LogP contribution in [0.5, 0.6) is 34.5 Å². The molecule has 1 N–H and O–H groups in total. The molecule has 0 amide bonds. The first-order chi connectivity index (χ1) is 18.1. The zero-order valence-electron chi connectivity index (χ0n) is 20.5. The van der Waals surface area contributed by atoms with E-state index in [0.717, 1.165) is 22.7 Å². The molecule has 0 bridgehead atoms. The molecule has 0 aliphatic carbocycles. The Morgan fingerprint density at radius 2 is 1.59 bits per heavy atom. The van der Waals surface area contributed by atoms with Crippen molar-refractivity contribution in [2.45, 2.75) is 0 Å². The lowest BCUT2D eigenvalue weighted by molar-refractivity contribution is 0.171. The fraction of sp³-hybridized carbons (Fsp3) is 0.185. The van der Waals surface area contributed by atoms with Gasteiger partial charge in [-0.05, 0) is 54.6 Å². The number of phenols is 1. The number of ether oxygens (including phenoxy) is 5. The van der Waals surface area contributed by atoms with E-state index in [4.69, 9.17) is 33.8 Å². The molecule has 1 aromatic heterocycles. The van der Waals surface area contributed by atoms with Crippen LogP contribution in [0.3, 0.4) is 0 Å². The van der Waals surface area contributed by atoms with E-state index in [-0.39, 0.29) is 17.2 Å². The van der Waals surface area contributed by atoms with Crippen LogP contribution in [0.15, 0.2) is 70.1 Å². The maximum absolute atomic E-state index is 10.3. The van der Waals surface area contributed by atoms with Crippen LogP contribution in [-0.4, -0.2) is 50.5 Å². The molecular formula is C27H25N3O6S. The van der Waals surface area contributed by atoms with Gasteiger partial charge in [0, 0.05) is 16.5 Å². The van der Waals surface area contributed by atoms with Gasteiger partial charge >= 0.3 is 0 Å². The Balaban J connectivity index is 1.62. The standard InChI is InChI=1S/C27H25N3O6S/c1-32-20-7-5-19(6-8-20)29-27-30(28-15-17-12-24(33-2)26(31)25(13-17)34-3)21(16-37-27)18-4-9-22-23(14-18)36-11-10-35-22/h4-9,12-16,31H,10-11H2,1-3H3. The lowest BCUT2D eigenvalue weighted by atomic mass is 10.1. The number of methoxy groups -OCH3 is 3. The highest BCUT2D eigenvalue weighted by Gasteiger charge is 2.16. The summed E-state index contributed by atoms with van der Waals surface area (Å²) in [5, 5.41) is 17.0. The SMILES string of the molecule is COc1ccc(N=c2scc(-c3ccc4c(c3)OCCO4)n2N=Cc2cc(OC)c(O)c(OC)c2)cc1. The number of thiazole rings is 1. The van der Waals surface area contributed by atoms with Crippen molar-refractivity contribution in [1.29, 1.82) is 0 Å². The number of hydrogen-bond acceptors (Lipinski definition) is 9. The minimum atomic E-state index is -0.0718. The number of nitrogens with zero attached hydrogens (tertiary/aromatic N) is 3. The summed E-state index contributed by atoms with van der Waals surface area (Å²) >= 11 is 1.46. The van der Waals surface area contributed by atoms with Gasteiger partial charge in [-0.2, -0.15) is 5.10 Å². The summed E-state index contributed by atoms with van der Waals surface area (Å²) in [5.41, 5.74) is 3.15. The molecule has 0 fully saturated rings. The molecule has 3 aromatic carbocycles. The second-order valence-corrected chi connectivity index (χ2v) is 8.74. The number of rotatable bonds is 7. The van der Waals surface area contributed by atoms with Crippen molar-refractivity contribution >= 4 is 23.2 Å². The van der Waals surface area contributed by atoms with Gasteiger partial charge in [-0.3, -0.25) is 0 Å². The smallest absolute Gasteiger partial charge is 0.211 e. The zero-order valence-corrected chi connectivity index (χ0v) is 21.3. The Morgan fingerprint density at radius 1 is 0.892 bits per heavy atom. The topological polar surface area (TPSA) is 96.0 Å². The van der Waals surface area contributed by atoms with Crippen LogP contribution < -0.4 is 28.5 Å². The quantitative estimate of drug-likeness (QED) is 0.351. The lowest BCUT2D eigenvalue weighted by Crippen LogP contribution is -2.15. The van der Waals surface area contributed by atoms with Crippen LogP contribution in [0.25, 0.3) is 11.3 Å². The van der Waals surface area contributed by atoms with E-state index in [1.807, 2.05) is 47.8 Å². The lowest BCUT2D eigenvalue weighted by Gasteiger charge is -2.18. The molecular weight excluding hydrogens is 494 g/mol. The number of fused-ring (bicyclic) bond motifs is 1. The van der Waals surface area contributed by atoms with Gasteiger partial charge < -0.3 is 28.8 Å². The summed E-state index contributed by atoms with van der Waals surface area (Å²) in [6, 6.07) is 16.6. The molecule has 0 saturated carbocycles. The predicted molar refractivity (Wildman–Crippen MR) is 141 cm³/mol. The van der Waals surface area contributed by atoms with Crippen LogP contribution in [0.4, 0.5) is 5.69 Å². The summed E-state index contributed by atoms with van der Waals surface area (Å²) in [4.78, 5) is 5.47. The molecule has 190 valence electrons. The summed E-state index contributed by atoms with van der Waals surface area (Å²) < 4.78 is 29.0. The number of phenolic OH excluding ortho intramolecular Hbond substituents is 1. The van der Waals surface area contributed by atoms with Crippen molar-refractivity contribution in [2.75, 3.05) is 34.5 Å². The molecule has 9 nitrogen and oxygen atoms in total. The van der Waals surface area contributed by atoms with Gasteiger partial charge in [0.2, 0.25) is 10.6 Å². The van der Waals surface area contributed by atoms with Gasteiger partial charge in [-0.25, -0.2) is 9.67 Å². The Bertz CT molecular complexity index is 1480. The zero-order chi connectivity index (χ0) is 25.8. The van der Waals surface area contributed by atoms with Crippen LogP contribution in [0.2, 0.25) is 0 Å². The van der Waals surface area contributed by atoms with Crippen molar-refractivity contribution in [3.05, 3.63) is 70.3 Å². The third-order valence-corrected chi connectivity index (χ3v) is 6.46. The summed E-state index contributed by atoms with van der Waals surface area (Å²) in [6.07, 6.45) is 1.66. The highest BCUT2D eigenvalue weighted by molar-refractivity contribution is 7.07. The third kappa shape index (κ3) is 5.10. The summed E-state index contributed by atoms with van der Waals surface area (Å²) in [6.45, 7) is 1.03. The van der Waals surface area contributed by atoms with E-state index in [0.29, 0.717) is 35.1 Å². The van der Waals surface area contributed by atoms with Crippen molar-refractivity contribution in [3.63, 3.8) is 0 Å². The van der Waals surface area contributed by atoms with Gasteiger partial charge in [-0.1, -0.05) is 0 Å². The normalized spacial score (nSPS) is 13.1. The molecule has 2 heterocycles. The summed E-state index contributed by atoms with van der Waals surface area (Å²) in [5.74, 6) is 2.65. The number of aromatic nitrogens is 1. The van der Waals surface area contributed by atoms with E-state index in [1.54, 1.807) is 30.1 Å². The average Bonchev–Trinajstić information content (AvgIpc) is 3.34. The first-order valence-electron chi connectivity index (χ1n) is 11.4. The molecule has 0 saturated heterocycles. The molecule has 0 spiro atoms. The van der Waals surface area contributed by atoms with Crippen molar-refractivity contribution in [1.82, 2.24) is 4.68 Å². The minimum absolute atomic E-state index is 0.0718. The fourth-order valence-electron chi connectivity index (χ4n) is 3.77. The average molecular weight is 520 g/mol. The number of aromatic hydroxyl groups is 1. The highest BCUT2D eigenvalue weighted by Crippen LogP contribution is 2.37. The van der Waals surface area contributed by atoms with E-state index >= 15 is 0 Å². The van der Waals surface area contributed by atoms with Gasteiger partial charge in [0.25, 0.3) is 0 Å². The van der Waals surface area contributed by atoms with E-state index in [2.05, 4.69) is 0 Å². The fourth-order valence-corrected chi connectivity index (χ4v) is 4.63. The van der Waals surface area contributed by atoms with Crippen LogP contribution in [0.1, 0.15) is 5.56 Å². The molecule has 1 aliphatic rings. The highest BCUT2D eigenvalue weighted by atomic mass is 32.1. The molecule has 10 heteroatoms. The molecule has 1 aliphatic heterocycles. The minimum Gasteiger partial charge on any atom is -0.502 e. The van der Waals surface area contributed by atoms with E-state index < -0.39 is 0 Å². The molecule has 37 heavy (non-hydrogen) atoms. The van der Waals surface area contributed by atoms with E-state index in [1.165, 1.54) is 25.6 Å². The second kappa shape index (κ2) is 10.7. The van der Waals surface area contributed by atoms with Gasteiger partial charge in [-0.15, -0.1) is 11.3 Å². The van der Waals surface area contributed by atoms with Crippen molar-refractivity contribution in [3.8, 4) is 45.8 Å². The Kier molecular flexibility index (Phi) is 7.00. The maximum atomic E-state index is 10.3. The third-order valence-electron chi connectivity index (χ3n) is 5.64. The van der Waals surface area contributed by atoms with Gasteiger partial charge in [0.05, 0.1) is 38.9 Å². The molecule has 4 aromatic rings. The molecule has 5 rings (SSSR count). The number of benzene rings is 3. The molecule has 0 atom stereocenters. The molecule has 0 radical (unpaired) electrons. The summed E-state index contributed by atoms with van der Waals surface area (Å²) in [7, 11) is 4.59. The van der Waals surface area contributed by atoms with Gasteiger partial charge in [0.15, 0.2) is 23.0 Å². The largest absolute Gasteiger partial charge is 0.502 e. The Morgan fingerprint density at radius 3 is 2.27 bits per heavy atom. The van der Waals surface area contributed by atoms with Crippen molar-refractivity contribution in [2.24, 2.45) is 10.1 Å². The van der Waals surface area contributed by atoms with Crippen LogP contribution in [-0.2, 0) is 0 Å². The number of hydrogen-bond donors (Lipinski definition) is 1. The first kappa shape index (κ1) is 24.3. The molecule has 0 unspecified atom stereocenters. The maximum Gasteiger partial charge on any atom is 0.211 e. The van der Waals surface area contributed by atoms with Crippen LogP contribution >= 0.6 is 11.3 Å². The first-order valence-corrected chi connectivity index (χ1v) is 12.3. The monoisotopic (exact) mass is 519 g/mol.